The van der Waals surface area contributed by atoms with Crippen LogP contribution in [-0.2, 0) is 5.41 Å². The first-order valence-corrected chi connectivity index (χ1v) is 11.9. The van der Waals surface area contributed by atoms with Crippen molar-refractivity contribution in [1.29, 1.82) is 0 Å². The Kier molecular flexibility index (Phi) is 4.85. The maximum absolute atomic E-state index is 5.58. The van der Waals surface area contributed by atoms with Gasteiger partial charge in [-0.1, -0.05) is 62.4 Å². The van der Waals surface area contributed by atoms with Gasteiger partial charge in [-0.2, -0.15) is 0 Å². The lowest BCUT2D eigenvalue weighted by atomic mass is 9.73. The number of methoxy groups -OCH3 is 1. The third-order valence-electron chi connectivity index (χ3n) is 7.06. The number of fused-ring (bicyclic) bond motifs is 3. The average molecular weight is 458 g/mol. The Hall–Kier alpha value is -4.18. The molecule has 1 aliphatic heterocycles. The minimum atomic E-state index is -0.148. The van der Waals surface area contributed by atoms with E-state index in [2.05, 4.69) is 92.4 Å². The van der Waals surface area contributed by atoms with Gasteiger partial charge in [0.25, 0.3) is 0 Å². The summed E-state index contributed by atoms with van der Waals surface area (Å²) in [6.07, 6.45) is 1.88. The van der Waals surface area contributed by atoms with Gasteiger partial charge in [0, 0.05) is 22.6 Å². The second kappa shape index (κ2) is 7.95. The van der Waals surface area contributed by atoms with Crippen molar-refractivity contribution in [2.75, 3.05) is 12.0 Å². The Morgan fingerprint density at radius 3 is 2.46 bits per heavy atom. The summed E-state index contributed by atoms with van der Waals surface area (Å²) in [7, 11) is 1.69. The summed E-state index contributed by atoms with van der Waals surface area (Å²) < 4.78 is 5.58. The summed E-state index contributed by atoms with van der Waals surface area (Å²) in [5, 5.41) is 1.06. The average Bonchev–Trinajstić information content (AvgIpc) is 2.88. The maximum Gasteiger partial charge on any atom is 0.145 e. The van der Waals surface area contributed by atoms with Crippen LogP contribution in [0.5, 0.6) is 5.75 Å². The first kappa shape index (κ1) is 21.4. The summed E-state index contributed by atoms with van der Waals surface area (Å²) in [4.78, 5) is 12.1. The highest BCUT2D eigenvalue weighted by atomic mass is 16.5. The van der Waals surface area contributed by atoms with E-state index in [1.54, 1.807) is 7.11 Å². The van der Waals surface area contributed by atoms with Crippen LogP contribution < -0.4 is 9.64 Å². The highest BCUT2D eigenvalue weighted by molar-refractivity contribution is 5.89. The molecule has 0 saturated carbocycles. The normalized spacial score (nSPS) is 13.9. The fraction of sp³-hybridized carbons (Fsp3) is 0.161. The van der Waals surface area contributed by atoms with Gasteiger partial charge < -0.3 is 4.74 Å². The lowest BCUT2D eigenvalue weighted by Crippen LogP contribution is -2.31. The molecule has 6 rings (SSSR count). The van der Waals surface area contributed by atoms with Gasteiger partial charge in [0.1, 0.15) is 17.1 Å². The summed E-state index contributed by atoms with van der Waals surface area (Å²) in [5.41, 5.74) is 8.72. The zero-order chi connectivity index (χ0) is 24.2. The summed E-state index contributed by atoms with van der Waals surface area (Å²) in [6.45, 7) is 6.70. The van der Waals surface area contributed by atoms with E-state index in [0.29, 0.717) is 0 Å². The van der Waals surface area contributed by atoms with Crippen LogP contribution in [-0.4, -0.2) is 17.1 Å². The second-order valence-corrected chi connectivity index (χ2v) is 9.63. The van der Waals surface area contributed by atoms with Crippen LogP contribution in [0.2, 0.25) is 0 Å². The molecule has 0 spiro atoms. The van der Waals surface area contributed by atoms with Gasteiger partial charge >= 0.3 is 0 Å². The molecule has 0 atom stereocenters. The zero-order valence-corrected chi connectivity index (χ0v) is 20.4. The van der Waals surface area contributed by atoms with Gasteiger partial charge in [0.2, 0.25) is 0 Å². The summed E-state index contributed by atoms with van der Waals surface area (Å²) in [6, 6.07) is 29.7. The lowest BCUT2D eigenvalue weighted by Gasteiger charge is -2.41. The third kappa shape index (κ3) is 3.36. The Labute approximate surface area is 205 Å². The minimum absolute atomic E-state index is 0.148. The smallest absolute Gasteiger partial charge is 0.145 e. The van der Waals surface area contributed by atoms with Crippen LogP contribution in [0.4, 0.5) is 17.2 Å². The molecule has 0 N–H and O–H groups in total. The van der Waals surface area contributed by atoms with Crippen molar-refractivity contribution in [2.24, 2.45) is 0 Å². The number of hydrogen-bond acceptors (Lipinski definition) is 4. The third-order valence-corrected chi connectivity index (χ3v) is 7.06. The van der Waals surface area contributed by atoms with E-state index in [1.807, 2.05) is 24.4 Å². The number of pyridine rings is 2. The van der Waals surface area contributed by atoms with Gasteiger partial charge in [-0.3, -0.25) is 4.90 Å². The van der Waals surface area contributed by atoms with E-state index >= 15 is 0 Å². The van der Waals surface area contributed by atoms with E-state index in [1.165, 1.54) is 16.7 Å². The molecule has 0 fully saturated rings. The zero-order valence-electron chi connectivity index (χ0n) is 20.4. The second-order valence-electron chi connectivity index (χ2n) is 9.63. The van der Waals surface area contributed by atoms with Gasteiger partial charge in [0.15, 0.2) is 0 Å². The quantitative estimate of drug-likeness (QED) is 0.278. The van der Waals surface area contributed by atoms with Crippen LogP contribution in [0.25, 0.3) is 22.2 Å². The van der Waals surface area contributed by atoms with Crippen molar-refractivity contribution >= 4 is 28.1 Å². The van der Waals surface area contributed by atoms with E-state index in [-0.39, 0.29) is 5.41 Å². The molecule has 172 valence electrons. The minimum Gasteiger partial charge on any atom is -0.494 e. The molecule has 0 bridgehead atoms. The van der Waals surface area contributed by atoms with Crippen molar-refractivity contribution in [3.8, 4) is 17.0 Å². The molecule has 4 nitrogen and oxygen atoms in total. The van der Waals surface area contributed by atoms with Crippen LogP contribution in [0.3, 0.4) is 0 Å². The van der Waals surface area contributed by atoms with Gasteiger partial charge in [-0.25, -0.2) is 9.97 Å². The van der Waals surface area contributed by atoms with E-state index < -0.39 is 0 Å². The predicted molar refractivity (Wildman–Crippen MR) is 143 cm³/mol. The number of aryl methyl sites for hydroxylation is 1. The van der Waals surface area contributed by atoms with Crippen molar-refractivity contribution in [3.63, 3.8) is 0 Å². The van der Waals surface area contributed by atoms with Gasteiger partial charge in [-0.15, -0.1) is 0 Å². The Morgan fingerprint density at radius 1 is 0.800 bits per heavy atom. The molecular weight excluding hydrogens is 430 g/mol. The number of rotatable bonds is 3. The van der Waals surface area contributed by atoms with Crippen molar-refractivity contribution < 1.29 is 4.74 Å². The number of ether oxygens (including phenoxy) is 1. The van der Waals surface area contributed by atoms with Crippen molar-refractivity contribution in [2.45, 2.75) is 26.2 Å². The van der Waals surface area contributed by atoms with Crippen LogP contribution in [0.1, 0.15) is 30.5 Å². The molecule has 5 aromatic rings. The van der Waals surface area contributed by atoms with Gasteiger partial charge in [0.05, 0.1) is 24.2 Å². The van der Waals surface area contributed by atoms with Gasteiger partial charge in [-0.05, 0) is 60.0 Å². The topological polar surface area (TPSA) is 38.2 Å². The lowest BCUT2D eigenvalue weighted by molar-refractivity contribution is 0.419. The molecular formula is C31H27N3O. The standard InChI is InChI=1S/C31H27N3O/c1-20-16-17-32-29(18-20)34-26-10-6-5-9-23(26)31(2,3)24-14-12-22(19-27(24)34)25-15-13-21-8-7-11-28(35-4)30(21)33-25/h5-19H,1-4H3. The predicted octanol–water partition coefficient (Wildman–Crippen LogP) is 7.72. The Balaban J connectivity index is 1.59. The first-order valence-electron chi connectivity index (χ1n) is 11.9. The van der Waals surface area contributed by atoms with Crippen LogP contribution in [0.15, 0.2) is 91.1 Å². The summed E-state index contributed by atoms with van der Waals surface area (Å²) in [5.74, 6) is 1.70. The summed E-state index contributed by atoms with van der Waals surface area (Å²) >= 11 is 0. The Morgan fingerprint density at radius 2 is 1.63 bits per heavy atom. The molecule has 0 radical (unpaired) electrons. The largest absolute Gasteiger partial charge is 0.494 e. The van der Waals surface area contributed by atoms with Crippen LogP contribution >= 0.6 is 0 Å². The molecule has 3 aromatic carbocycles. The monoisotopic (exact) mass is 457 g/mol. The number of aromatic nitrogens is 2. The Bertz CT molecular complexity index is 1590. The van der Waals surface area contributed by atoms with Crippen molar-refractivity contribution in [1.82, 2.24) is 9.97 Å². The van der Waals surface area contributed by atoms with E-state index in [9.17, 15) is 0 Å². The molecule has 4 heteroatoms. The first-order chi connectivity index (χ1) is 17.0. The van der Waals surface area contributed by atoms with E-state index in [4.69, 9.17) is 14.7 Å². The number of nitrogens with zero attached hydrogens (tertiary/aromatic N) is 3. The van der Waals surface area contributed by atoms with Crippen LogP contribution in [0, 0.1) is 6.92 Å². The highest BCUT2D eigenvalue weighted by Gasteiger charge is 2.37. The molecule has 2 aromatic heterocycles. The molecule has 0 saturated heterocycles. The fourth-order valence-corrected chi connectivity index (χ4v) is 5.21. The van der Waals surface area contributed by atoms with Crippen molar-refractivity contribution in [3.05, 3.63) is 108 Å². The highest BCUT2D eigenvalue weighted by Crippen LogP contribution is 2.52. The molecule has 1 aliphatic rings. The molecule has 0 aliphatic carbocycles. The maximum atomic E-state index is 5.58. The molecule has 0 unspecified atom stereocenters. The molecule has 0 amide bonds. The molecule has 35 heavy (non-hydrogen) atoms. The molecule has 3 heterocycles. The van der Waals surface area contributed by atoms with E-state index in [0.717, 1.165) is 45.1 Å². The SMILES string of the molecule is COc1cccc2ccc(-c3ccc4c(c3)N(c3cc(C)ccn3)c3ccccc3C4(C)C)nc12. The number of hydrogen-bond donors (Lipinski definition) is 0. The number of anilines is 3. The fourth-order valence-electron chi connectivity index (χ4n) is 5.21. The number of benzene rings is 3. The number of para-hydroxylation sites is 2.